The maximum atomic E-state index is 12.5. The van der Waals surface area contributed by atoms with E-state index in [4.69, 9.17) is 28.2 Å². The van der Waals surface area contributed by atoms with E-state index in [1.807, 2.05) is 0 Å². The number of carbonyl (C=O) groups excluding carboxylic acids is 1. The Morgan fingerprint density at radius 2 is 1.60 bits per heavy atom. The van der Waals surface area contributed by atoms with E-state index in [0.717, 1.165) is 0 Å². The minimum atomic E-state index is -3.00. The number of benzene rings is 2. The zero-order valence-electron chi connectivity index (χ0n) is 19.2. The molecule has 0 saturated carbocycles. The molecule has 12 heteroatoms. The average molecular weight is 492 g/mol. The standard InChI is InChI=1S/C23H22F2N2O8/c1-29-16-11-19(32-4)18(31-3)9-13(16)6-8-21(28)33-12-20-26-22(27-35-20)14-5-7-15(34-23(24)25)17(10-14)30-2/h5-11,23H,12H2,1-4H3/b8-6+. The summed E-state index contributed by atoms with van der Waals surface area (Å²) in [6.45, 7) is -3.29. The highest BCUT2D eigenvalue weighted by atomic mass is 19.3. The van der Waals surface area contributed by atoms with E-state index in [1.54, 1.807) is 12.1 Å². The van der Waals surface area contributed by atoms with Crippen LogP contribution in [0.15, 0.2) is 40.9 Å². The Morgan fingerprint density at radius 1 is 0.943 bits per heavy atom. The number of carbonyl (C=O) groups is 1. The molecule has 0 aliphatic heterocycles. The Bertz CT molecular complexity index is 1200. The second kappa shape index (κ2) is 11.7. The van der Waals surface area contributed by atoms with Crippen molar-refractivity contribution in [1.82, 2.24) is 10.1 Å². The van der Waals surface area contributed by atoms with E-state index in [9.17, 15) is 13.6 Å². The van der Waals surface area contributed by atoms with Crippen molar-refractivity contribution in [2.45, 2.75) is 13.2 Å². The van der Waals surface area contributed by atoms with Gasteiger partial charge < -0.3 is 32.9 Å². The lowest BCUT2D eigenvalue weighted by Crippen LogP contribution is -2.03. The van der Waals surface area contributed by atoms with Gasteiger partial charge >= 0.3 is 12.6 Å². The number of alkyl halides is 2. The summed E-state index contributed by atoms with van der Waals surface area (Å²) in [6.07, 6.45) is 2.70. The fraction of sp³-hybridized carbons (Fsp3) is 0.261. The molecule has 0 radical (unpaired) electrons. The van der Waals surface area contributed by atoms with Crippen LogP contribution in [0.5, 0.6) is 28.7 Å². The smallest absolute Gasteiger partial charge is 0.387 e. The number of methoxy groups -OCH3 is 4. The predicted molar refractivity (Wildman–Crippen MR) is 118 cm³/mol. The zero-order chi connectivity index (χ0) is 25.4. The first-order chi connectivity index (χ1) is 16.9. The summed E-state index contributed by atoms with van der Waals surface area (Å²) in [5.74, 6) is 0.833. The van der Waals surface area contributed by atoms with Crippen LogP contribution in [0.2, 0.25) is 0 Å². The van der Waals surface area contributed by atoms with Gasteiger partial charge in [-0.25, -0.2) is 4.79 Å². The summed E-state index contributed by atoms with van der Waals surface area (Å²) in [7, 11) is 5.79. The van der Waals surface area contributed by atoms with Gasteiger partial charge in [0.25, 0.3) is 5.89 Å². The van der Waals surface area contributed by atoms with Crippen LogP contribution < -0.4 is 23.7 Å². The summed E-state index contributed by atoms with van der Waals surface area (Å²) in [5, 5.41) is 3.80. The molecule has 0 spiro atoms. The van der Waals surface area contributed by atoms with Crippen molar-refractivity contribution in [3.63, 3.8) is 0 Å². The van der Waals surface area contributed by atoms with Crippen LogP contribution in [0.25, 0.3) is 17.5 Å². The van der Waals surface area contributed by atoms with Gasteiger partial charge in [-0.05, 0) is 30.3 Å². The van der Waals surface area contributed by atoms with Crippen LogP contribution in [-0.2, 0) is 16.1 Å². The van der Waals surface area contributed by atoms with E-state index < -0.39 is 12.6 Å². The minimum Gasteiger partial charge on any atom is -0.496 e. The number of halogens is 2. The van der Waals surface area contributed by atoms with Gasteiger partial charge in [0, 0.05) is 23.3 Å². The third kappa shape index (κ3) is 6.37. The first-order valence-corrected chi connectivity index (χ1v) is 9.99. The van der Waals surface area contributed by atoms with Gasteiger partial charge in [-0.1, -0.05) is 5.16 Å². The van der Waals surface area contributed by atoms with Crippen molar-refractivity contribution in [3.8, 4) is 40.1 Å². The Morgan fingerprint density at radius 3 is 2.26 bits per heavy atom. The SMILES string of the molecule is COc1cc(OC)c(OC)cc1/C=C/C(=O)OCc1nc(-c2ccc(OC(F)F)c(OC)c2)no1. The Hall–Kier alpha value is -4.35. The average Bonchev–Trinajstić information content (AvgIpc) is 3.34. The summed E-state index contributed by atoms with van der Waals surface area (Å²) >= 11 is 0. The van der Waals surface area contributed by atoms with Crippen LogP contribution in [0, 0.1) is 0 Å². The first-order valence-electron chi connectivity index (χ1n) is 9.99. The summed E-state index contributed by atoms with van der Waals surface area (Å²) < 4.78 is 60.4. The van der Waals surface area contributed by atoms with E-state index in [1.165, 1.54) is 58.8 Å². The van der Waals surface area contributed by atoms with E-state index >= 15 is 0 Å². The highest BCUT2D eigenvalue weighted by Gasteiger charge is 2.16. The number of rotatable bonds is 11. The molecular weight excluding hydrogens is 470 g/mol. The molecule has 1 aromatic heterocycles. The second-order valence-electron chi connectivity index (χ2n) is 6.65. The number of nitrogens with zero attached hydrogens (tertiary/aromatic N) is 2. The molecule has 3 aromatic rings. The molecule has 0 unspecified atom stereocenters. The summed E-state index contributed by atoms with van der Waals surface area (Å²) in [5.41, 5.74) is 0.987. The molecule has 0 N–H and O–H groups in total. The minimum absolute atomic E-state index is 0.0253. The van der Waals surface area contributed by atoms with Crippen molar-refractivity contribution in [3.05, 3.63) is 47.9 Å². The molecule has 35 heavy (non-hydrogen) atoms. The quantitative estimate of drug-likeness (QED) is 0.286. The van der Waals surface area contributed by atoms with Gasteiger partial charge in [0.15, 0.2) is 29.6 Å². The fourth-order valence-corrected chi connectivity index (χ4v) is 2.95. The lowest BCUT2D eigenvalue weighted by molar-refractivity contribution is -0.139. The maximum absolute atomic E-state index is 12.5. The Kier molecular flexibility index (Phi) is 8.43. The van der Waals surface area contributed by atoms with Crippen molar-refractivity contribution < 1.29 is 46.5 Å². The number of ether oxygens (including phenoxy) is 6. The summed E-state index contributed by atoms with van der Waals surface area (Å²) in [6, 6.07) is 7.45. The van der Waals surface area contributed by atoms with E-state index in [0.29, 0.717) is 28.4 Å². The molecular formula is C23H22F2N2O8. The molecule has 0 atom stereocenters. The van der Waals surface area contributed by atoms with Crippen LogP contribution >= 0.6 is 0 Å². The van der Waals surface area contributed by atoms with Gasteiger partial charge in [0.05, 0.1) is 28.4 Å². The Labute approximate surface area is 198 Å². The van der Waals surface area contributed by atoms with Gasteiger partial charge in [-0.15, -0.1) is 0 Å². The predicted octanol–water partition coefficient (Wildman–Crippen LogP) is 4.13. The molecule has 0 bridgehead atoms. The Balaban J connectivity index is 1.65. The third-order valence-electron chi connectivity index (χ3n) is 4.58. The van der Waals surface area contributed by atoms with E-state index in [-0.39, 0.29) is 29.8 Å². The van der Waals surface area contributed by atoms with Crippen LogP contribution in [-0.4, -0.2) is 51.2 Å². The molecule has 3 rings (SSSR count). The van der Waals surface area contributed by atoms with Crippen molar-refractivity contribution >= 4 is 12.0 Å². The molecule has 10 nitrogen and oxygen atoms in total. The van der Waals surface area contributed by atoms with Crippen LogP contribution in [0.3, 0.4) is 0 Å². The second-order valence-corrected chi connectivity index (χ2v) is 6.65. The molecule has 2 aromatic carbocycles. The molecule has 0 saturated heterocycles. The lowest BCUT2D eigenvalue weighted by Gasteiger charge is -2.12. The fourth-order valence-electron chi connectivity index (χ4n) is 2.95. The van der Waals surface area contributed by atoms with Gasteiger partial charge in [-0.2, -0.15) is 13.8 Å². The van der Waals surface area contributed by atoms with Crippen molar-refractivity contribution in [2.75, 3.05) is 28.4 Å². The number of hydrogen-bond donors (Lipinski definition) is 0. The van der Waals surface area contributed by atoms with Crippen LogP contribution in [0.1, 0.15) is 11.5 Å². The topological polar surface area (TPSA) is 111 Å². The zero-order valence-corrected chi connectivity index (χ0v) is 19.2. The van der Waals surface area contributed by atoms with E-state index in [2.05, 4.69) is 14.9 Å². The molecule has 0 aliphatic carbocycles. The largest absolute Gasteiger partial charge is 0.496 e. The molecule has 0 fully saturated rings. The maximum Gasteiger partial charge on any atom is 0.387 e. The highest BCUT2D eigenvalue weighted by molar-refractivity contribution is 5.87. The van der Waals surface area contributed by atoms with Crippen molar-refractivity contribution in [1.29, 1.82) is 0 Å². The van der Waals surface area contributed by atoms with Crippen molar-refractivity contribution in [2.24, 2.45) is 0 Å². The number of esters is 1. The molecule has 0 amide bonds. The van der Waals surface area contributed by atoms with Crippen LogP contribution in [0.4, 0.5) is 8.78 Å². The highest BCUT2D eigenvalue weighted by Crippen LogP contribution is 2.35. The van der Waals surface area contributed by atoms with Gasteiger partial charge in [-0.3, -0.25) is 0 Å². The third-order valence-corrected chi connectivity index (χ3v) is 4.58. The van der Waals surface area contributed by atoms with Gasteiger partial charge in [0.2, 0.25) is 5.82 Å². The number of hydrogen-bond acceptors (Lipinski definition) is 10. The number of aromatic nitrogens is 2. The normalized spacial score (nSPS) is 10.9. The molecule has 186 valence electrons. The van der Waals surface area contributed by atoms with Gasteiger partial charge in [0.1, 0.15) is 5.75 Å². The summed E-state index contributed by atoms with van der Waals surface area (Å²) in [4.78, 5) is 16.3. The monoisotopic (exact) mass is 492 g/mol. The molecule has 1 heterocycles. The molecule has 0 aliphatic rings. The first kappa shape index (κ1) is 25.3. The lowest BCUT2D eigenvalue weighted by atomic mass is 10.1.